The minimum Gasteiger partial charge on any atom is -0.545 e. The lowest BCUT2D eigenvalue weighted by Crippen LogP contribution is -2.18. The summed E-state index contributed by atoms with van der Waals surface area (Å²) < 4.78 is 39.8. The summed E-state index contributed by atoms with van der Waals surface area (Å²) in [6.07, 6.45) is 2.02. The fourth-order valence-electron chi connectivity index (χ4n) is 2.87. The second-order valence-electron chi connectivity index (χ2n) is 6.42. The Kier molecular flexibility index (Phi) is 7.45. The number of nitrogens with one attached hydrogen (secondary N) is 1. The van der Waals surface area contributed by atoms with Crippen molar-refractivity contribution < 1.29 is 27.8 Å². The first-order valence-corrected chi connectivity index (χ1v) is 11.6. The van der Waals surface area contributed by atoms with Crippen molar-refractivity contribution in [1.82, 2.24) is 0 Å². The van der Waals surface area contributed by atoms with E-state index < -0.39 is 16.0 Å². The number of aliphatic carboxylic acids is 1. The second kappa shape index (κ2) is 10.3. The van der Waals surface area contributed by atoms with Crippen LogP contribution in [0.2, 0.25) is 0 Å². The van der Waals surface area contributed by atoms with Gasteiger partial charge in [0.15, 0.2) is 11.5 Å². The Morgan fingerprint density at radius 2 is 1.69 bits per heavy atom. The number of carbonyl (C=O) groups excluding carboxylic acids is 1. The monoisotopic (exact) mass is 470 g/mol. The second-order valence-corrected chi connectivity index (χ2v) is 9.19. The van der Waals surface area contributed by atoms with Crippen LogP contribution in [0.1, 0.15) is 5.56 Å². The molecule has 0 aromatic heterocycles. The summed E-state index contributed by atoms with van der Waals surface area (Å²) in [6.45, 7) is 0. The molecule has 0 spiro atoms. The van der Waals surface area contributed by atoms with Gasteiger partial charge in [-0.3, -0.25) is 4.72 Å². The van der Waals surface area contributed by atoms with Gasteiger partial charge in [-0.25, -0.2) is 8.42 Å². The normalized spacial score (nSPS) is 11.3. The zero-order valence-corrected chi connectivity index (χ0v) is 18.9. The van der Waals surface area contributed by atoms with Crippen molar-refractivity contribution in [3.05, 3.63) is 78.4 Å². The summed E-state index contributed by atoms with van der Waals surface area (Å²) in [5.74, 6) is -1.27. The molecule has 0 amide bonds. The van der Waals surface area contributed by atoms with Gasteiger partial charge < -0.3 is 19.4 Å². The highest BCUT2D eigenvalue weighted by atomic mass is 32.2. The molecule has 0 saturated heterocycles. The molecule has 1 N–H and O–H groups in total. The van der Waals surface area contributed by atoms with E-state index in [-0.39, 0.29) is 16.4 Å². The van der Waals surface area contributed by atoms with Gasteiger partial charge in [0.2, 0.25) is 0 Å². The Hall–Kier alpha value is -3.43. The molecule has 0 heterocycles. The van der Waals surface area contributed by atoms with E-state index in [0.29, 0.717) is 16.1 Å². The van der Waals surface area contributed by atoms with Gasteiger partial charge in [-0.15, -0.1) is 0 Å². The van der Waals surface area contributed by atoms with Crippen LogP contribution in [0.25, 0.3) is 6.08 Å². The third-order valence-electron chi connectivity index (χ3n) is 4.27. The van der Waals surface area contributed by atoms with Crippen LogP contribution < -0.4 is 19.3 Å². The fourth-order valence-corrected chi connectivity index (χ4v) is 5.15. The van der Waals surface area contributed by atoms with Gasteiger partial charge in [-0.2, -0.15) is 0 Å². The van der Waals surface area contributed by atoms with E-state index in [9.17, 15) is 18.3 Å². The SMILES string of the molecule is COc1cc(/C=C/C(=O)[O-])cc(S(=O)(=O)Nc2ccccc2Sc2ccccc2)c1OC. The molecule has 0 fully saturated rings. The zero-order valence-electron chi connectivity index (χ0n) is 17.3. The summed E-state index contributed by atoms with van der Waals surface area (Å²) in [4.78, 5) is 12.2. The molecular weight excluding hydrogens is 450 g/mol. The summed E-state index contributed by atoms with van der Waals surface area (Å²) >= 11 is 1.42. The average Bonchev–Trinajstić information content (AvgIpc) is 2.78. The molecule has 166 valence electrons. The molecule has 0 unspecified atom stereocenters. The zero-order chi connectivity index (χ0) is 23.1. The molecule has 7 nitrogen and oxygen atoms in total. The molecule has 0 saturated carbocycles. The first kappa shape index (κ1) is 23.2. The highest BCUT2D eigenvalue weighted by molar-refractivity contribution is 7.99. The van der Waals surface area contributed by atoms with E-state index in [4.69, 9.17) is 9.47 Å². The number of rotatable bonds is 9. The Bertz CT molecular complexity index is 1240. The lowest BCUT2D eigenvalue weighted by molar-refractivity contribution is -0.297. The van der Waals surface area contributed by atoms with Crippen molar-refractivity contribution in [2.24, 2.45) is 0 Å². The number of hydrogen-bond donors (Lipinski definition) is 1. The number of methoxy groups -OCH3 is 2. The van der Waals surface area contributed by atoms with E-state index in [2.05, 4.69) is 4.72 Å². The number of benzene rings is 3. The number of anilines is 1. The van der Waals surface area contributed by atoms with Crippen molar-refractivity contribution in [3.63, 3.8) is 0 Å². The van der Waals surface area contributed by atoms with Gasteiger partial charge in [-0.1, -0.05) is 48.2 Å². The van der Waals surface area contributed by atoms with E-state index in [0.717, 1.165) is 11.0 Å². The predicted octanol–water partition coefficient (Wildman–Crippen LogP) is 3.42. The number of para-hydroxylation sites is 1. The van der Waals surface area contributed by atoms with E-state index in [1.807, 2.05) is 42.5 Å². The first-order valence-electron chi connectivity index (χ1n) is 9.34. The topological polar surface area (TPSA) is 105 Å². The Morgan fingerprint density at radius 3 is 2.34 bits per heavy atom. The molecule has 32 heavy (non-hydrogen) atoms. The van der Waals surface area contributed by atoms with E-state index >= 15 is 0 Å². The third-order valence-corrected chi connectivity index (χ3v) is 6.73. The van der Waals surface area contributed by atoms with Gasteiger partial charge in [0, 0.05) is 9.79 Å². The molecule has 0 aliphatic heterocycles. The third kappa shape index (κ3) is 5.63. The molecule has 0 bridgehead atoms. The van der Waals surface area contributed by atoms with Gasteiger partial charge in [-0.05, 0) is 48.0 Å². The summed E-state index contributed by atoms with van der Waals surface area (Å²) in [7, 11) is -1.44. The maximum absolute atomic E-state index is 13.3. The summed E-state index contributed by atoms with van der Waals surface area (Å²) in [5.41, 5.74) is 0.678. The van der Waals surface area contributed by atoms with E-state index in [1.54, 1.807) is 12.1 Å². The van der Waals surface area contributed by atoms with E-state index in [1.165, 1.54) is 44.2 Å². The van der Waals surface area contributed by atoms with Crippen LogP contribution in [0.3, 0.4) is 0 Å². The van der Waals surface area contributed by atoms with Gasteiger partial charge >= 0.3 is 0 Å². The molecule has 3 aromatic carbocycles. The average molecular weight is 471 g/mol. The predicted molar refractivity (Wildman–Crippen MR) is 121 cm³/mol. The molecule has 9 heteroatoms. The molecular formula is C23H20NO6S2-. The van der Waals surface area contributed by atoms with Gasteiger partial charge in [0.25, 0.3) is 10.0 Å². The van der Waals surface area contributed by atoms with Crippen LogP contribution in [0.15, 0.2) is 87.5 Å². The van der Waals surface area contributed by atoms with Crippen LogP contribution in [0, 0.1) is 0 Å². The number of sulfonamides is 1. The number of carboxylic acids is 1. The van der Waals surface area contributed by atoms with Gasteiger partial charge in [0.1, 0.15) is 4.90 Å². The minimum atomic E-state index is -4.13. The minimum absolute atomic E-state index is 0.00112. The first-order chi connectivity index (χ1) is 15.3. The molecule has 0 aliphatic carbocycles. The Morgan fingerprint density at radius 1 is 1.00 bits per heavy atom. The molecule has 3 rings (SSSR count). The van der Waals surface area contributed by atoms with Crippen molar-refractivity contribution in [2.45, 2.75) is 14.7 Å². The van der Waals surface area contributed by atoms with Crippen LogP contribution in [-0.2, 0) is 14.8 Å². The lowest BCUT2D eigenvalue weighted by Gasteiger charge is -2.17. The quantitative estimate of drug-likeness (QED) is 0.478. The molecule has 0 aliphatic rings. The van der Waals surface area contributed by atoms with Crippen molar-refractivity contribution in [3.8, 4) is 11.5 Å². The van der Waals surface area contributed by atoms with Crippen molar-refractivity contribution >= 4 is 39.5 Å². The molecule has 0 radical (unpaired) electrons. The number of carbonyl (C=O) groups is 1. The van der Waals surface area contributed by atoms with Gasteiger partial charge in [0.05, 0.1) is 25.9 Å². The standard InChI is InChI=1S/C23H21NO6S2/c1-29-19-14-16(12-13-22(25)26)15-21(23(19)30-2)32(27,28)24-18-10-6-7-11-20(18)31-17-8-4-3-5-9-17/h3-15,24H,1-2H3,(H,25,26)/p-1/b13-12+. The molecule has 3 aromatic rings. The van der Waals surface area contributed by atoms with Crippen LogP contribution in [0.5, 0.6) is 11.5 Å². The lowest BCUT2D eigenvalue weighted by atomic mass is 10.2. The van der Waals surface area contributed by atoms with Crippen LogP contribution in [-0.4, -0.2) is 28.6 Å². The number of ether oxygens (including phenoxy) is 2. The maximum Gasteiger partial charge on any atom is 0.265 e. The van der Waals surface area contributed by atoms with Crippen LogP contribution >= 0.6 is 11.8 Å². The largest absolute Gasteiger partial charge is 0.545 e. The summed E-state index contributed by atoms with van der Waals surface area (Å²) in [6, 6.07) is 19.3. The fraction of sp³-hybridized carbons (Fsp3) is 0.0870. The van der Waals surface area contributed by atoms with Crippen LogP contribution in [0.4, 0.5) is 5.69 Å². The number of carboxylic acid groups (broad SMARTS) is 1. The highest BCUT2D eigenvalue weighted by Crippen LogP contribution is 2.39. The molecule has 0 atom stereocenters. The Labute approximate surface area is 190 Å². The highest BCUT2D eigenvalue weighted by Gasteiger charge is 2.25. The van der Waals surface area contributed by atoms with Crippen molar-refractivity contribution in [2.75, 3.05) is 18.9 Å². The van der Waals surface area contributed by atoms with Crippen molar-refractivity contribution in [1.29, 1.82) is 0 Å². The summed E-state index contributed by atoms with van der Waals surface area (Å²) in [5, 5.41) is 10.8. The Balaban J connectivity index is 2.03. The smallest absolute Gasteiger partial charge is 0.265 e. The maximum atomic E-state index is 13.3. The number of hydrogen-bond acceptors (Lipinski definition) is 7.